The van der Waals surface area contributed by atoms with Gasteiger partial charge in [0.05, 0.1) is 6.10 Å². The van der Waals surface area contributed by atoms with Gasteiger partial charge in [-0.3, -0.25) is 9.59 Å². The largest absolute Gasteiger partial charge is 0.480 e. The summed E-state index contributed by atoms with van der Waals surface area (Å²) in [5.41, 5.74) is 6.92. The number of carboxylic acids is 1. The molecule has 108 valence electrons. The Hall–Kier alpha value is -1.72. The zero-order valence-electron chi connectivity index (χ0n) is 11.2. The van der Waals surface area contributed by atoms with Gasteiger partial charge in [-0.15, -0.1) is 0 Å². The van der Waals surface area contributed by atoms with E-state index in [0.717, 1.165) is 25.0 Å². The SMILES string of the molecule is NC(Cc1ccc(C(=O)CC2CCCO2)cc1)C(=O)O. The van der Waals surface area contributed by atoms with E-state index >= 15 is 0 Å². The molecule has 5 nitrogen and oxygen atoms in total. The Kier molecular flexibility index (Phi) is 4.87. The standard InChI is InChI=1S/C15H19NO4/c16-13(15(18)19)8-10-3-5-11(6-4-10)14(17)9-12-2-1-7-20-12/h3-6,12-13H,1-2,7-9,16H2,(H,18,19). The summed E-state index contributed by atoms with van der Waals surface area (Å²) in [6.07, 6.45) is 2.67. The fraction of sp³-hybridized carbons (Fsp3) is 0.467. The number of benzene rings is 1. The first-order valence-electron chi connectivity index (χ1n) is 6.78. The molecular weight excluding hydrogens is 258 g/mol. The molecule has 0 spiro atoms. The van der Waals surface area contributed by atoms with E-state index in [0.29, 0.717) is 12.0 Å². The number of hydrogen-bond donors (Lipinski definition) is 2. The van der Waals surface area contributed by atoms with Crippen LogP contribution >= 0.6 is 0 Å². The lowest BCUT2D eigenvalue weighted by molar-refractivity contribution is -0.138. The number of hydrogen-bond acceptors (Lipinski definition) is 4. The Morgan fingerprint density at radius 2 is 2.05 bits per heavy atom. The van der Waals surface area contributed by atoms with E-state index in [-0.39, 0.29) is 18.3 Å². The van der Waals surface area contributed by atoms with Crippen LogP contribution in [0.2, 0.25) is 0 Å². The van der Waals surface area contributed by atoms with Gasteiger partial charge in [0.25, 0.3) is 0 Å². The Morgan fingerprint density at radius 3 is 2.60 bits per heavy atom. The van der Waals surface area contributed by atoms with Gasteiger partial charge in [-0.2, -0.15) is 0 Å². The van der Waals surface area contributed by atoms with Gasteiger partial charge in [0.2, 0.25) is 0 Å². The number of carbonyl (C=O) groups is 2. The number of rotatable bonds is 6. The molecule has 1 saturated heterocycles. The van der Waals surface area contributed by atoms with Gasteiger partial charge >= 0.3 is 5.97 Å². The number of nitrogens with two attached hydrogens (primary N) is 1. The van der Waals surface area contributed by atoms with Crippen LogP contribution in [0.4, 0.5) is 0 Å². The van der Waals surface area contributed by atoms with E-state index in [1.54, 1.807) is 24.3 Å². The van der Waals surface area contributed by atoms with Gasteiger partial charge in [0.15, 0.2) is 5.78 Å². The first-order valence-corrected chi connectivity index (χ1v) is 6.78. The molecule has 20 heavy (non-hydrogen) atoms. The summed E-state index contributed by atoms with van der Waals surface area (Å²) < 4.78 is 5.45. The molecule has 0 amide bonds. The minimum atomic E-state index is -1.02. The van der Waals surface area contributed by atoms with Crippen LogP contribution in [0.1, 0.15) is 35.2 Å². The van der Waals surface area contributed by atoms with Crippen molar-refractivity contribution in [2.75, 3.05) is 6.61 Å². The second kappa shape index (κ2) is 6.63. The molecule has 2 unspecified atom stereocenters. The highest BCUT2D eigenvalue weighted by atomic mass is 16.5. The maximum Gasteiger partial charge on any atom is 0.320 e. The highest BCUT2D eigenvalue weighted by Gasteiger charge is 2.20. The predicted octanol–water partition coefficient (Wildman–Crippen LogP) is 1.39. The highest BCUT2D eigenvalue weighted by Crippen LogP contribution is 2.18. The normalized spacial score (nSPS) is 19.8. The molecule has 2 rings (SSSR count). The van der Waals surface area contributed by atoms with Gasteiger partial charge in [0.1, 0.15) is 6.04 Å². The molecule has 0 saturated carbocycles. The van der Waals surface area contributed by atoms with E-state index in [1.165, 1.54) is 0 Å². The summed E-state index contributed by atoms with van der Waals surface area (Å²) in [7, 11) is 0. The molecule has 1 fully saturated rings. The predicted molar refractivity (Wildman–Crippen MR) is 73.7 cm³/mol. The summed E-state index contributed by atoms with van der Waals surface area (Å²) in [5.74, 6) is -0.963. The van der Waals surface area contributed by atoms with Gasteiger partial charge in [-0.1, -0.05) is 24.3 Å². The minimum Gasteiger partial charge on any atom is -0.480 e. The lowest BCUT2D eigenvalue weighted by atomic mass is 10.00. The summed E-state index contributed by atoms with van der Waals surface area (Å²) in [4.78, 5) is 22.7. The molecule has 5 heteroatoms. The van der Waals surface area contributed by atoms with Crippen LogP contribution in [0.5, 0.6) is 0 Å². The van der Waals surface area contributed by atoms with Crippen molar-refractivity contribution in [3.05, 3.63) is 35.4 Å². The third-order valence-corrected chi connectivity index (χ3v) is 3.49. The zero-order chi connectivity index (χ0) is 14.5. The summed E-state index contributed by atoms with van der Waals surface area (Å²) in [6, 6.07) is 6.04. The number of carbonyl (C=O) groups excluding carboxylic acids is 1. The van der Waals surface area contributed by atoms with E-state index in [2.05, 4.69) is 0 Å². The molecule has 1 aromatic carbocycles. The Balaban J connectivity index is 1.93. The van der Waals surface area contributed by atoms with Crippen LogP contribution in [0.25, 0.3) is 0 Å². The Morgan fingerprint density at radius 1 is 1.35 bits per heavy atom. The van der Waals surface area contributed by atoms with Crippen LogP contribution in [0.15, 0.2) is 24.3 Å². The first kappa shape index (κ1) is 14.7. The topological polar surface area (TPSA) is 89.6 Å². The Labute approximate surface area is 117 Å². The van der Waals surface area contributed by atoms with Crippen molar-refractivity contribution in [1.82, 2.24) is 0 Å². The van der Waals surface area contributed by atoms with E-state index in [4.69, 9.17) is 15.6 Å². The number of ketones is 1. The van der Waals surface area contributed by atoms with Crippen molar-refractivity contribution in [3.63, 3.8) is 0 Å². The molecule has 0 radical (unpaired) electrons. The van der Waals surface area contributed by atoms with Crippen LogP contribution < -0.4 is 5.73 Å². The van der Waals surface area contributed by atoms with Gasteiger partial charge < -0.3 is 15.6 Å². The molecular formula is C15H19NO4. The fourth-order valence-corrected chi connectivity index (χ4v) is 2.30. The van der Waals surface area contributed by atoms with Crippen LogP contribution in [-0.2, 0) is 16.0 Å². The third kappa shape index (κ3) is 3.88. The number of ether oxygens (including phenoxy) is 1. The molecule has 1 aromatic rings. The van der Waals surface area contributed by atoms with Crippen molar-refractivity contribution in [2.45, 2.75) is 37.8 Å². The summed E-state index contributed by atoms with van der Waals surface area (Å²) >= 11 is 0. The average Bonchev–Trinajstić information content (AvgIpc) is 2.92. The van der Waals surface area contributed by atoms with Crippen molar-refractivity contribution >= 4 is 11.8 Å². The molecule has 0 bridgehead atoms. The molecule has 1 aliphatic heterocycles. The van der Waals surface area contributed by atoms with Gasteiger partial charge in [-0.05, 0) is 24.8 Å². The molecule has 1 aliphatic rings. The third-order valence-electron chi connectivity index (χ3n) is 3.49. The molecule has 0 aromatic heterocycles. The smallest absolute Gasteiger partial charge is 0.320 e. The Bertz CT molecular complexity index is 477. The van der Waals surface area contributed by atoms with Gasteiger partial charge in [0, 0.05) is 18.6 Å². The fourth-order valence-electron chi connectivity index (χ4n) is 2.30. The second-order valence-electron chi connectivity index (χ2n) is 5.11. The summed E-state index contributed by atoms with van der Waals surface area (Å²) in [5, 5.41) is 8.75. The summed E-state index contributed by atoms with van der Waals surface area (Å²) in [6.45, 7) is 0.740. The molecule has 1 heterocycles. The van der Waals surface area contributed by atoms with E-state index < -0.39 is 12.0 Å². The maximum absolute atomic E-state index is 12.0. The molecule has 2 atom stereocenters. The van der Waals surface area contributed by atoms with Crippen molar-refractivity contribution < 1.29 is 19.4 Å². The van der Waals surface area contributed by atoms with Gasteiger partial charge in [-0.25, -0.2) is 0 Å². The van der Waals surface area contributed by atoms with E-state index in [1.807, 2.05) is 0 Å². The minimum absolute atomic E-state index is 0.0441. The van der Waals surface area contributed by atoms with Crippen LogP contribution in [0, 0.1) is 0 Å². The van der Waals surface area contributed by atoms with Crippen LogP contribution in [0.3, 0.4) is 0 Å². The number of carboxylic acid groups (broad SMARTS) is 1. The maximum atomic E-state index is 12.0. The lowest BCUT2D eigenvalue weighted by Gasteiger charge is -2.09. The van der Waals surface area contributed by atoms with Crippen molar-refractivity contribution in [2.24, 2.45) is 5.73 Å². The second-order valence-corrected chi connectivity index (χ2v) is 5.11. The van der Waals surface area contributed by atoms with Crippen molar-refractivity contribution in [1.29, 1.82) is 0 Å². The highest BCUT2D eigenvalue weighted by molar-refractivity contribution is 5.96. The zero-order valence-corrected chi connectivity index (χ0v) is 11.2. The van der Waals surface area contributed by atoms with E-state index in [9.17, 15) is 9.59 Å². The quantitative estimate of drug-likeness (QED) is 0.767. The number of aliphatic carboxylic acids is 1. The number of Topliss-reactive ketones (excluding diaryl/α,β-unsaturated/α-hetero) is 1. The lowest BCUT2D eigenvalue weighted by Crippen LogP contribution is -2.32. The average molecular weight is 277 g/mol. The monoisotopic (exact) mass is 277 g/mol. The first-order chi connectivity index (χ1) is 9.56. The molecule has 3 N–H and O–H groups in total. The van der Waals surface area contributed by atoms with Crippen molar-refractivity contribution in [3.8, 4) is 0 Å². The molecule has 0 aliphatic carbocycles. The van der Waals surface area contributed by atoms with Crippen LogP contribution in [-0.4, -0.2) is 35.6 Å².